The van der Waals surface area contributed by atoms with Crippen molar-refractivity contribution in [1.82, 2.24) is 15.2 Å². The molecule has 0 aliphatic heterocycles. The molecule has 0 saturated heterocycles. The molecular weight excluding hydrogens is 368 g/mol. The Bertz CT molecular complexity index is 1230. The van der Waals surface area contributed by atoms with Crippen LogP contribution in [-0.4, -0.2) is 21.1 Å². The van der Waals surface area contributed by atoms with Crippen molar-refractivity contribution in [2.45, 2.75) is 12.8 Å². The van der Waals surface area contributed by atoms with Gasteiger partial charge in [-0.2, -0.15) is 16.4 Å². The van der Waals surface area contributed by atoms with E-state index in [1.54, 1.807) is 23.7 Å². The summed E-state index contributed by atoms with van der Waals surface area (Å²) in [5.41, 5.74) is 5.30. The van der Waals surface area contributed by atoms with E-state index >= 15 is 0 Å². The van der Waals surface area contributed by atoms with E-state index in [-0.39, 0.29) is 11.8 Å². The molecule has 0 radical (unpaired) electrons. The number of amides is 1. The third-order valence-electron chi connectivity index (χ3n) is 4.70. The van der Waals surface area contributed by atoms with E-state index in [1.807, 2.05) is 35.0 Å². The maximum atomic E-state index is 12.0. The van der Waals surface area contributed by atoms with Crippen molar-refractivity contribution in [3.8, 4) is 23.0 Å². The van der Waals surface area contributed by atoms with Crippen molar-refractivity contribution in [1.29, 1.82) is 0 Å². The third-order valence-corrected chi connectivity index (χ3v) is 5.38. The van der Waals surface area contributed by atoms with E-state index in [1.165, 1.54) is 0 Å². The lowest BCUT2D eigenvalue weighted by molar-refractivity contribution is -0.117. The molecule has 1 aliphatic rings. The van der Waals surface area contributed by atoms with Crippen LogP contribution in [0.4, 0.5) is 5.69 Å². The summed E-state index contributed by atoms with van der Waals surface area (Å²) in [5.74, 6) is 6.53. The summed E-state index contributed by atoms with van der Waals surface area (Å²) in [4.78, 5) is 16.3. The molecule has 1 aromatic carbocycles. The highest BCUT2D eigenvalue weighted by Crippen LogP contribution is 2.31. The number of H-pyrrole nitrogens is 1. The third kappa shape index (κ3) is 3.40. The first-order valence-electron chi connectivity index (χ1n) is 9.05. The topological polar surface area (TPSA) is 70.7 Å². The highest BCUT2D eigenvalue weighted by atomic mass is 32.1. The molecule has 1 aliphatic carbocycles. The molecule has 0 atom stereocenters. The Kier molecular flexibility index (Phi) is 4.15. The minimum absolute atomic E-state index is 0.0789. The van der Waals surface area contributed by atoms with Gasteiger partial charge < -0.3 is 5.32 Å². The molecule has 6 heteroatoms. The molecule has 28 heavy (non-hydrogen) atoms. The molecule has 5 nitrogen and oxygen atoms in total. The molecule has 1 saturated carbocycles. The summed E-state index contributed by atoms with van der Waals surface area (Å²) in [6.07, 6.45) is 5.43. The van der Waals surface area contributed by atoms with Crippen LogP contribution in [0.2, 0.25) is 0 Å². The Balaban J connectivity index is 1.47. The van der Waals surface area contributed by atoms with Gasteiger partial charge in [0, 0.05) is 34.0 Å². The van der Waals surface area contributed by atoms with E-state index in [9.17, 15) is 4.79 Å². The van der Waals surface area contributed by atoms with Crippen LogP contribution in [0.25, 0.3) is 22.0 Å². The van der Waals surface area contributed by atoms with Crippen molar-refractivity contribution in [2.75, 3.05) is 5.32 Å². The largest absolute Gasteiger partial charge is 0.324 e. The van der Waals surface area contributed by atoms with Gasteiger partial charge in [-0.3, -0.25) is 14.9 Å². The van der Waals surface area contributed by atoms with Gasteiger partial charge in [-0.15, -0.1) is 0 Å². The predicted octanol–water partition coefficient (Wildman–Crippen LogP) is 4.43. The summed E-state index contributed by atoms with van der Waals surface area (Å²) in [5, 5.41) is 15.3. The van der Waals surface area contributed by atoms with E-state index in [2.05, 4.69) is 38.4 Å². The lowest BCUT2D eigenvalue weighted by Crippen LogP contribution is -2.13. The van der Waals surface area contributed by atoms with Crippen LogP contribution in [0.5, 0.6) is 0 Å². The van der Waals surface area contributed by atoms with Crippen molar-refractivity contribution < 1.29 is 4.79 Å². The molecule has 3 heterocycles. The zero-order valence-electron chi connectivity index (χ0n) is 14.9. The van der Waals surface area contributed by atoms with Gasteiger partial charge in [0.05, 0.1) is 17.4 Å². The number of hydrogen-bond donors (Lipinski definition) is 2. The Morgan fingerprint density at radius 1 is 1.14 bits per heavy atom. The second kappa shape index (κ2) is 6.95. The molecular formula is C22H16N4OS. The lowest BCUT2D eigenvalue weighted by atomic mass is 10.0. The number of carbonyl (C=O) groups excluding carboxylic acids is 1. The first-order chi connectivity index (χ1) is 13.8. The van der Waals surface area contributed by atoms with Gasteiger partial charge >= 0.3 is 0 Å². The van der Waals surface area contributed by atoms with Gasteiger partial charge in [0.1, 0.15) is 5.69 Å². The van der Waals surface area contributed by atoms with Crippen LogP contribution >= 0.6 is 11.3 Å². The Hall–Kier alpha value is -3.43. The quantitative estimate of drug-likeness (QED) is 0.513. The number of nitrogens with one attached hydrogen (secondary N) is 2. The fraction of sp³-hybridized carbons (Fsp3) is 0.136. The lowest BCUT2D eigenvalue weighted by Gasteiger charge is -2.07. The Labute approximate surface area is 165 Å². The van der Waals surface area contributed by atoms with Gasteiger partial charge in [0.2, 0.25) is 5.91 Å². The number of thiophene rings is 1. The molecule has 4 aromatic rings. The number of pyridine rings is 1. The number of carbonyl (C=O) groups is 1. The minimum Gasteiger partial charge on any atom is -0.324 e. The predicted molar refractivity (Wildman–Crippen MR) is 111 cm³/mol. The van der Waals surface area contributed by atoms with Gasteiger partial charge in [-0.1, -0.05) is 12.0 Å². The highest BCUT2D eigenvalue weighted by molar-refractivity contribution is 7.08. The smallest absolute Gasteiger partial charge is 0.227 e. The van der Waals surface area contributed by atoms with Crippen LogP contribution in [0.3, 0.4) is 0 Å². The maximum Gasteiger partial charge on any atom is 0.227 e. The van der Waals surface area contributed by atoms with Gasteiger partial charge in [-0.05, 0) is 54.0 Å². The van der Waals surface area contributed by atoms with E-state index < -0.39 is 0 Å². The first-order valence-corrected chi connectivity index (χ1v) is 9.99. The normalized spacial score (nSPS) is 13.1. The number of anilines is 1. The number of hydrogen-bond acceptors (Lipinski definition) is 4. The summed E-state index contributed by atoms with van der Waals surface area (Å²) < 4.78 is 0. The molecule has 3 aromatic heterocycles. The monoisotopic (exact) mass is 384 g/mol. The van der Waals surface area contributed by atoms with Crippen molar-refractivity contribution in [3.63, 3.8) is 0 Å². The summed E-state index contributed by atoms with van der Waals surface area (Å²) >= 11 is 1.62. The van der Waals surface area contributed by atoms with E-state index in [0.717, 1.165) is 46.1 Å². The van der Waals surface area contributed by atoms with Gasteiger partial charge in [-0.25, -0.2) is 0 Å². The SMILES string of the molecule is O=C(Nc1cncc(-c2ccc3[nH]nc(C#Cc4ccsc4)c3c2)c1)C1CC1. The van der Waals surface area contributed by atoms with E-state index in [0.29, 0.717) is 5.69 Å². The summed E-state index contributed by atoms with van der Waals surface area (Å²) in [6.45, 7) is 0. The van der Waals surface area contributed by atoms with Crippen molar-refractivity contribution in [3.05, 3.63) is 64.7 Å². The van der Waals surface area contributed by atoms with Crippen molar-refractivity contribution >= 4 is 33.8 Å². The van der Waals surface area contributed by atoms with Crippen LogP contribution in [0.1, 0.15) is 24.1 Å². The molecule has 5 rings (SSSR count). The molecule has 1 fully saturated rings. The standard InChI is InChI=1S/C22H16N4OS/c27-22(15-2-3-15)24-18-9-17(11-23-12-18)16-4-6-21-19(10-16)20(25-26-21)5-1-14-7-8-28-13-14/h4,6-13,15H,2-3H2,(H,24,27)(H,25,26). The maximum absolute atomic E-state index is 12.0. The fourth-order valence-corrected chi connectivity index (χ4v) is 3.60. The molecule has 136 valence electrons. The molecule has 0 spiro atoms. The number of benzene rings is 1. The molecule has 0 bridgehead atoms. The van der Waals surface area contributed by atoms with Crippen LogP contribution < -0.4 is 5.32 Å². The number of fused-ring (bicyclic) bond motifs is 1. The second-order valence-corrected chi connectivity index (χ2v) is 7.60. The van der Waals surface area contributed by atoms with Crippen LogP contribution in [0.15, 0.2) is 53.5 Å². The minimum atomic E-state index is 0.0789. The highest BCUT2D eigenvalue weighted by Gasteiger charge is 2.29. The Morgan fingerprint density at radius 2 is 2.07 bits per heavy atom. The Morgan fingerprint density at radius 3 is 2.89 bits per heavy atom. The first kappa shape index (κ1) is 16.7. The van der Waals surface area contributed by atoms with Crippen LogP contribution in [-0.2, 0) is 4.79 Å². The number of aromatic amines is 1. The van der Waals surface area contributed by atoms with Gasteiger partial charge in [0.25, 0.3) is 0 Å². The van der Waals surface area contributed by atoms with Gasteiger partial charge in [0.15, 0.2) is 0 Å². The number of nitrogens with zero attached hydrogens (tertiary/aromatic N) is 2. The number of rotatable bonds is 3. The fourth-order valence-electron chi connectivity index (χ4n) is 3.01. The zero-order valence-corrected chi connectivity index (χ0v) is 15.7. The average molecular weight is 384 g/mol. The number of aromatic nitrogens is 3. The molecule has 2 N–H and O–H groups in total. The molecule has 1 amide bonds. The van der Waals surface area contributed by atoms with E-state index in [4.69, 9.17) is 0 Å². The average Bonchev–Trinajstić information content (AvgIpc) is 3.30. The summed E-state index contributed by atoms with van der Waals surface area (Å²) in [6, 6.07) is 10.00. The zero-order chi connectivity index (χ0) is 18.9. The summed E-state index contributed by atoms with van der Waals surface area (Å²) in [7, 11) is 0. The molecule has 0 unspecified atom stereocenters. The van der Waals surface area contributed by atoms with Crippen LogP contribution in [0, 0.1) is 17.8 Å². The van der Waals surface area contributed by atoms with Crippen molar-refractivity contribution in [2.24, 2.45) is 5.92 Å². The second-order valence-electron chi connectivity index (χ2n) is 6.82.